The van der Waals surface area contributed by atoms with Crippen LogP contribution in [0.15, 0.2) is 0 Å². The van der Waals surface area contributed by atoms with E-state index < -0.39 is 9.84 Å². The predicted molar refractivity (Wildman–Crippen MR) is 48.8 cm³/mol. The van der Waals surface area contributed by atoms with Crippen molar-refractivity contribution in [3.8, 4) is 0 Å². The summed E-state index contributed by atoms with van der Waals surface area (Å²) in [6, 6.07) is -0.254. The Kier molecular flexibility index (Phi) is 5.44. The van der Waals surface area contributed by atoms with Gasteiger partial charge in [0.05, 0.1) is 5.75 Å². The van der Waals surface area contributed by atoms with Gasteiger partial charge in [0.25, 0.3) is 0 Å². The van der Waals surface area contributed by atoms with Crippen LogP contribution in [0.3, 0.4) is 0 Å². The van der Waals surface area contributed by atoms with Gasteiger partial charge >= 0.3 is 0 Å². The van der Waals surface area contributed by atoms with Gasteiger partial charge in [-0.3, -0.25) is 0 Å². The summed E-state index contributed by atoms with van der Waals surface area (Å²) in [6.07, 6.45) is 2.71. The zero-order chi connectivity index (χ0) is 9.61. The summed E-state index contributed by atoms with van der Waals surface area (Å²) in [4.78, 5) is 0. The fraction of sp³-hybridized carbons (Fsp3) is 1.00. The van der Waals surface area contributed by atoms with Gasteiger partial charge in [-0.15, -0.1) is 0 Å². The maximum absolute atomic E-state index is 10.8. The molecule has 0 aliphatic heterocycles. The fourth-order valence-corrected chi connectivity index (χ4v) is 1.91. The summed E-state index contributed by atoms with van der Waals surface area (Å²) < 4.78 is 26.3. The van der Waals surface area contributed by atoms with Gasteiger partial charge in [-0.05, 0) is 12.8 Å². The van der Waals surface area contributed by atoms with Crippen molar-refractivity contribution in [1.82, 2.24) is 0 Å². The second-order valence-electron chi connectivity index (χ2n) is 2.99. The minimum Gasteiger partial charge on any atom is -0.385 e. The van der Waals surface area contributed by atoms with Gasteiger partial charge in [0.1, 0.15) is 9.84 Å². The number of hydrogen-bond donors (Lipinski definition) is 1. The lowest BCUT2D eigenvalue weighted by Gasteiger charge is -2.08. The van der Waals surface area contributed by atoms with Crippen molar-refractivity contribution in [1.29, 1.82) is 0 Å². The Bertz CT molecular complexity index is 201. The van der Waals surface area contributed by atoms with E-state index in [4.69, 9.17) is 10.5 Å². The van der Waals surface area contributed by atoms with Crippen LogP contribution in [0, 0.1) is 0 Å². The summed E-state index contributed by atoms with van der Waals surface area (Å²) in [5.41, 5.74) is 5.57. The van der Waals surface area contributed by atoms with Crippen molar-refractivity contribution >= 4 is 9.84 Å². The third kappa shape index (κ3) is 7.97. The van der Waals surface area contributed by atoms with Crippen LogP contribution in [-0.2, 0) is 14.6 Å². The highest BCUT2D eigenvalue weighted by Gasteiger charge is 2.09. The van der Waals surface area contributed by atoms with Gasteiger partial charge in [-0.1, -0.05) is 0 Å². The maximum Gasteiger partial charge on any atom is 0.148 e. The van der Waals surface area contributed by atoms with Crippen LogP contribution >= 0.6 is 0 Å². The van der Waals surface area contributed by atoms with E-state index in [-0.39, 0.29) is 11.8 Å². The molecule has 0 heterocycles. The molecule has 5 heteroatoms. The van der Waals surface area contributed by atoms with Crippen LogP contribution in [0.1, 0.15) is 12.8 Å². The monoisotopic (exact) mass is 195 g/mol. The standard InChI is InChI=1S/C7H17NO3S/c1-11-5-3-4-7(8)6-12(2,9)10/h7H,3-6,8H2,1-2H3. The lowest BCUT2D eigenvalue weighted by Crippen LogP contribution is -2.29. The van der Waals surface area contributed by atoms with Crippen LogP contribution in [0.25, 0.3) is 0 Å². The molecule has 0 aliphatic carbocycles. The molecule has 0 spiro atoms. The normalized spacial score (nSPS) is 14.6. The highest BCUT2D eigenvalue weighted by molar-refractivity contribution is 7.90. The Labute approximate surface area is 74.0 Å². The Morgan fingerprint density at radius 3 is 2.50 bits per heavy atom. The van der Waals surface area contributed by atoms with E-state index in [1.165, 1.54) is 6.26 Å². The van der Waals surface area contributed by atoms with Gasteiger partial charge in [0, 0.05) is 26.0 Å². The van der Waals surface area contributed by atoms with E-state index in [0.29, 0.717) is 13.0 Å². The molecule has 0 bridgehead atoms. The smallest absolute Gasteiger partial charge is 0.148 e. The van der Waals surface area contributed by atoms with Crippen molar-refractivity contribution in [3.63, 3.8) is 0 Å². The third-order valence-electron chi connectivity index (χ3n) is 1.44. The summed E-state index contributed by atoms with van der Waals surface area (Å²) in [5.74, 6) is 0.0662. The summed E-state index contributed by atoms with van der Waals surface area (Å²) in [7, 11) is -1.31. The van der Waals surface area contributed by atoms with Crippen LogP contribution in [0.4, 0.5) is 0 Å². The van der Waals surface area contributed by atoms with Gasteiger partial charge in [-0.2, -0.15) is 0 Å². The second kappa shape index (κ2) is 5.50. The van der Waals surface area contributed by atoms with Crippen molar-refractivity contribution in [3.05, 3.63) is 0 Å². The first kappa shape index (κ1) is 11.9. The zero-order valence-corrected chi connectivity index (χ0v) is 8.43. The average Bonchev–Trinajstić information content (AvgIpc) is 1.84. The van der Waals surface area contributed by atoms with Gasteiger partial charge in [0.15, 0.2) is 0 Å². The molecule has 0 radical (unpaired) electrons. The molecule has 1 unspecified atom stereocenters. The van der Waals surface area contributed by atoms with E-state index >= 15 is 0 Å². The average molecular weight is 195 g/mol. The van der Waals surface area contributed by atoms with E-state index in [0.717, 1.165) is 6.42 Å². The van der Waals surface area contributed by atoms with E-state index in [9.17, 15) is 8.42 Å². The highest BCUT2D eigenvalue weighted by atomic mass is 32.2. The van der Waals surface area contributed by atoms with E-state index in [1.54, 1.807) is 7.11 Å². The van der Waals surface area contributed by atoms with Crippen LogP contribution in [0.2, 0.25) is 0 Å². The second-order valence-corrected chi connectivity index (χ2v) is 5.17. The van der Waals surface area contributed by atoms with Crippen LogP contribution in [0.5, 0.6) is 0 Å². The van der Waals surface area contributed by atoms with Crippen molar-refractivity contribution in [2.24, 2.45) is 5.73 Å². The molecule has 0 rings (SSSR count). The fourth-order valence-electron chi connectivity index (χ4n) is 0.962. The number of nitrogens with two attached hydrogens (primary N) is 1. The van der Waals surface area contributed by atoms with Crippen LogP contribution < -0.4 is 5.73 Å². The van der Waals surface area contributed by atoms with E-state index in [2.05, 4.69) is 0 Å². The molecule has 0 aromatic carbocycles. The first-order valence-electron chi connectivity index (χ1n) is 3.88. The lowest BCUT2D eigenvalue weighted by atomic mass is 10.2. The molecular weight excluding hydrogens is 178 g/mol. The number of methoxy groups -OCH3 is 1. The van der Waals surface area contributed by atoms with Crippen molar-refractivity contribution in [2.75, 3.05) is 25.7 Å². The summed E-state index contributed by atoms with van der Waals surface area (Å²) in [6.45, 7) is 0.636. The molecule has 0 fully saturated rings. The molecule has 4 nitrogen and oxygen atoms in total. The topological polar surface area (TPSA) is 69.4 Å². The van der Waals surface area contributed by atoms with E-state index in [1.807, 2.05) is 0 Å². The van der Waals surface area contributed by atoms with Crippen molar-refractivity contribution < 1.29 is 13.2 Å². The third-order valence-corrected chi connectivity index (χ3v) is 2.47. The molecule has 0 aromatic rings. The SMILES string of the molecule is COCCCC(N)CS(C)(=O)=O. The molecule has 0 saturated heterocycles. The first-order valence-corrected chi connectivity index (χ1v) is 5.94. The Balaban J connectivity index is 3.53. The quantitative estimate of drug-likeness (QED) is 0.595. The molecule has 12 heavy (non-hydrogen) atoms. The molecule has 1 atom stereocenters. The summed E-state index contributed by atoms with van der Waals surface area (Å²) in [5, 5.41) is 0. The number of rotatable bonds is 6. The zero-order valence-electron chi connectivity index (χ0n) is 7.62. The Morgan fingerprint density at radius 2 is 2.08 bits per heavy atom. The molecule has 0 saturated carbocycles. The first-order chi connectivity index (χ1) is 5.45. The largest absolute Gasteiger partial charge is 0.385 e. The Morgan fingerprint density at radius 1 is 1.50 bits per heavy atom. The molecule has 74 valence electrons. The molecule has 0 aliphatic rings. The molecule has 0 amide bonds. The summed E-state index contributed by atoms with van der Waals surface area (Å²) >= 11 is 0. The minimum atomic E-state index is -2.93. The lowest BCUT2D eigenvalue weighted by molar-refractivity contribution is 0.191. The molecular formula is C7H17NO3S. The van der Waals surface area contributed by atoms with Gasteiger partial charge in [0.2, 0.25) is 0 Å². The van der Waals surface area contributed by atoms with Crippen molar-refractivity contribution in [2.45, 2.75) is 18.9 Å². The van der Waals surface area contributed by atoms with Gasteiger partial charge < -0.3 is 10.5 Å². The highest BCUT2D eigenvalue weighted by Crippen LogP contribution is 1.97. The Hall–Kier alpha value is -0.130. The molecule has 0 aromatic heterocycles. The number of sulfone groups is 1. The minimum absolute atomic E-state index is 0.0662. The van der Waals surface area contributed by atoms with Gasteiger partial charge in [-0.25, -0.2) is 8.42 Å². The maximum atomic E-state index is 10.8. The van der Waals surface area contributed by atoms with Crippen LogP contribution in [-0.4, -0.2) is 40.2 Å². The molecule has 2 N–H and O–H groups in total. The predicted octanol–water partition coefficient (Wildman–Crippen LogP) is -0.215. The number of ether oxygens (including phenoxy) is 1. The number of hydrogen-bond acceptors (Lipinski definition) is 4.